The summed E-state index contributed by atoms with van der Waals surface area (Å²) < 4.78 is 1.88. The van der Waals surface area contributed by atoms with Gasteiger partial charge in [0.15, 0.2) is 0 Å². The predicted molar refractivity (Wildman–Crippen MR) is 58.5 cm³/mol. The van der Waals surface area contributed by atoms with Crippen LogP contribution in [0.25, 0.3) is 0 Å². The number of halogens is 1. The van der Waals surface area contributed by atoms with E-state index in [1.165, 1.54) is 5.69 Å². The van der Waals surface area contributed by atoms with Gasteiger partial charge in [-0.15, -0.1) is 12.4 Å². The maximum Gasteiger partial charge on any atom is 0.148 e. The minimum atomic E-state index is 0. The second-order valence-corrected chi connectivity index (χ2v) is 3.57. The maximum absolute atomic E-state index is 4.29. The average Bonchev–Trinajstić information content (AvgIpc) is 2.28. The van der Waals surface area contributed by atoms with E-state index in [-0.39, 0.29) is 12.4 Å². The van der Waals surface area contributed by atoms with Gasteiger partial charge in [0.05, 0.1) is 0 Å². The molecule has 4 heteroatoms. The Morgan fingerprint density at radius 1 is 1.54 bits per heavy atom. The zero-order chi connectivity index (χ0) is 9.14. The zero-order valence-electron chi connectivity index (χ0n) is 8.66. The van der Waals surface area contributed by atoms with E-state index in [0.717, 1.165) is 12.4 Å². The molecule has 1 heterocycles. The van der Waals surface area contributed by atoms with Crippen molar-refractivity contribution in [2.75, 3.05) is 11.9 Å². The van der Waals surface area contributed by atoms with Gasteiger partial charge in [0, 0.05) is 25.4 Å². The van der Waals surface area contributed by atoms with Gasteiger partial charge in [-0.05, 0) is 12.8 Å². The van der Waals surface area contributed by atoms with Gasteiger partial charge in [0.25, 0.3) is 0 Å². The van der Waals surface area contributed by atoms with Crippen molar-refractivity contribution in [3.8, 4) is 0 Å². The third kappa shape index (κ3) is 3.68. The molecule has 0 unspecified atom stereocenters. The number of nitrogens with one attached hydrogen (secondary N) is 1. The Labute approximate surface area is 85.9 Å². The minimum Gasteiger partial charge on any atom is -0.368 e. The van der Waals surface area contributed by atoms with Gasteiger partial charge in [-0.2, -0.15) is 5.10 Å². The lowest BCUT2D eigenvalue weighted by atomic mass is 10.2. The van der Waals surface area contributed by atoms with E-state index in [4.69, 9.17) is 0 Å². The summed E-state index contributed by atoms with van der Waals surface area (Å²) in [5.41, 5.74) is 1.18. The lowest BCUT2D eigenvalue weighted by molar-refractivity contribution is 0.681. The quantitative estimate of drug-likeness (QED) is 0.817. The molecule has 0 saturated carbocycles. The van der Waals surface area contributed by atoms with Crippen LogP contribution in [0, 0.1) is 12.8 Å². The molecule has 0 atom stereocenters. The van der Waals surface area contributed by atoms with Crippen LogP contribution in [0.5, 0.6) is 0 Å². The fraction of sp³-hybridized carbons (Fsp3) is 0.667. The fourth-order valence-electron chi connectivity index (χ4n) is 0.956. The normalized spacial score (nSPS) is 9.92. The van der Waals surface area contributed by atoms with Crippen molar-refractivity contribution >= 4 is 18.2 Å². The monoisotopic (exact) mass is 203 g/mol. The Balaban J connectivity index is 0.00000144. The average molecular weight is 204 g/mol. The van der Waals surface area contributed by atoms with Crippen LogP contribution in [0.4, 0.5) is 5.82 Å². The molecule has 0 fully saturated rings. The summed E-state index contributed by atoms with van der Waals surface area (Å²) in [5, 5.41) is 7.56. The summed E-state index contributed by atoms with van der Waals surface area (Å²) in [4.78, 5) is 0. The van der Waals surface area contributed by atoms with E-state index >= 15 is 0 Å². The van der Waals surface area contributed by atoms with E-state index < -0.39 is 0 Å². The number of aryl methyl sites for hydroxylation is 2. The SMILES string of the molecule is Cc1cc(NCC(C)C)nn1C.Cl. The van der Waals surface area contributed by atoms with E-state index in [0.29, 0.717) is 5.92 Å². The number of anilines is 1. The molecule has 0 bridgehead atoms. The molecule has 1 N–H and O–H groups in total. The van der Waals surface area contributed by atoms with E-state index in [9.17, 15) is 0 Å². The molecule has 1 aromatic heterocycles. The standard InChI is InChI=1S/C9H17N3.ClH/c1-7(2)6-10-9-5-8(3)12(4)11-9;/h5,7H,6H2,1-4H3,(H,10,11);1H. The summed E-state index contributed by atoms with van der Waals surface area (Å²) in [6.45, 7) is 7.40. The van der Waals surface area contributed by atoms with Crippen molar-refractivity contribution in [2.24, 2.45) is 13.0 Å². The maximum atomic E-state index is 4.29. The topological polar surface area (TPSA) is 29.9 Å². The highest BCUT2D eigenvalue weighted by molar-refractivity contribution is 5.85. The van der Waals surface area contributed by atoms with Crippen molar-refractivity contribution < 1.29 is 0 Å². The predicted octanol–water partition coefficient (Wildman–Crippen LogP) is 2.22. The number of nitrogens with zero attached hydrogens (tertiary/aromatic N) is 2. The van der Waals surface area contributed by atoms with Crippen LogP contribution in [0.15, 0.2) is 6.07 Å². The molecule has 0 spiro atoms. The van der Waals surface area contributed by atoms with Gasteiger partial charge in [-0.1, -0.05) is 13.8 Å². The summed E-state index contributed by atoms with van der Waals surface area (Å²) in [6, 6.07) is 2.06. The summed E-state index contributed by atoms with van der Waals surface area (Å²) in [6.07, 6.45) is 0. The second-order valence-electron chi connectivity index (χ2n) is 3.57. The molecular formula is C9H18ClN3. The zero-order valence-corrected chi connectivity index (χ0v) is 9.48. The van der Waals surface area contributed by atoms with Crippen molar-refractivity contribution in [1.82, 2.24) is 9.78 Å². The van der Waals surface area contributed by atoms with Crippen LogP contribution < -0.4 is 5.32 Å². The van der Waals surface area contributed by atoms with Crippen LogP contribution in [0.3, 0.4) is 0 Å². The molecular weight excluding hydrogens is 186 g/mol. The largest absolute Gasteiger partial charge is 0.368 e. The molecule has 3 nitrogen and oxygen atoms in total. The molecule has 0 aliphatic heterocycles. The Kier molecular flexibility index (Phi) is 4.85. The van der Waals surface area contributed by atoms with Gasteiger partial charge < -0.3 is 5.32 Å². The Bertz CT molecular complexity index is 236. The molecule has 1 rings (SSSR count). The van der Waals surface area contributed by atoms with Gasteiger partial charge in [0.1, 0.15) is 5.82 Å². The van der Waals surface area contributed by atoms with Crippen LogP contribution in [0.2, 0.25) is 0 Å². The van der Waals surface area contributed by atoms with Gasteiger partial charge >= 0.3 is 0 Å². The molecule has 0 aliphatic carbocycles. The molecule has 0 aromatic carbocycles. The van der Waals surface area contributed by atoms with Crippen LogP contribution >= 0.6 is 12.4 Å². The lowest BCUT2D eigenvalue weighted by Crippen LogP contribution is -2.08. The third-order valence-corrected chi connectivity index (χ3v) is 1.81. The molecule has 0 radical (unpaired) electrons. The van der Waals surface area contributed by atoms with Crippen LogP contribution in [0.1, 0.15) is 19.5 Å². The number of hydrogen-bond donors (Lipinski definition) is 1. The fourth-order valence-corrected chi connectivity index (χ4v) is 0.956. The molecule has 0 aliphatic rings. The summed E-state index contributed by atoms with van der Waals surface area (Å²) in [5.74, 6) is 1.64. The first kappa shape index (κ1) is 12.3. The van der Waals surface area contributed by atoms with E-state index in [1.54, 1.807) is 0 Å². The molecule has 1 aromatic rings. The summed E-state index contributed by atoms with van der Waals surface area (Å²) in [7, 11) is 1.95. The van der Waals surface area contributed by atoms with Crippen molar-refractivity contribution in [3.05, 3.63) is 11.8 Å². The molecule has 0 saturated heterocycles. The van der Waals surface area contributed by atoms with Gasteiger partial charge in [-0.25, -0.2) is 0 Å². The highest BCUT2D eigenvalue weighted by Gasteiger charge is 2.00. The first-order valence-electron chi connectivity index (χ1n) is 4.34. The first-order chi connectivity index (χ1) is 5.59. The first-order valence-corrected chi connectivity index (χ1v) is 4.34. The molecule has 13 heavy (non-hydrogen) atoms. The number of aromatic nitrogens is 2. The van der Waals surface area contributed by atoms with E-state index in [2.05, 4.69) is 30.3 Å². The molecule has 0 amide bonds. The second kappa shape index (κ2) is 5.12. The Hall–Kier alpha value is -0.700. The summed E-state index contributed by atoms with van der Waals surface area (Å²) >= 11 is 0. The van der Waals surface area contributed by atoms with Gasteiger partial charge in [0.2, 0.25) is 0 Å². The number of rotatable bonds is 3. The highest BCUT2D eigenvalue weighted by Crippen LogP contribution is 2.07. The van der Waals surface area contributed by atoms with Crippen LogP contribution in [-0.4, -0.2) is 16.3 Å². The minimum absolute atomic E-state index is 0. The Morgan fingerprint density at radius 2 is 2.15 bits per heavy atom. The van der Waals surface area contributed by atoms with Crippen molar-refractivity contribution in [3.63, 3.8) is 0 Å². The van der Waals surface area contributed by atoms with Crippen molar-refractivity contribution in [2.45, 2.75) is 20.8 Å². The molecule has 76 valence electrons. The lowest BCUT2D eigenvalue weighted by Gasteiger charge is -2.04. The third-order valence-electron chi connectivity index (χ3n) is 1.81. The van der Waals surface area contributed by atoms with E-state index in [1.807, 2.05) is 18.7 Å². The van der Waals surface area contributed by atoms with Gasteiger partial charge in [-0.3, -0.25) is 4.68 Å². The Morgan fingerprint density at radius 3 is 2.54 bits per heavy atom. The van der Waals surface area contributed by atoms with Crippen molar-refractivity contribution in [1.29, 1.82) is 0 Å². The highest BCUT2D eigenvalue weighted by atomic mass is 35.5. The number of hydrogen-bond acceptors (Lipinski definition) is 2. The smallest absolute Gasteiger partial charge is 0.148 e. The van der Waals surface area contributed by atoms with Crippen LogP contribution in [-0.2, 0) is 7.05 Å².